The fourth-order valence-corrected chi connectivity index (χ4v) is 4.28. The summed E-state index contributed by atoms with van der Waals surface area (Å²) in [4.78, 5) is 27.3. The van der Waals surface area contributed by atoms with E-state index in [1.165, 1.54) is 4.90 Å². The number of sulfonamides is 1. The molecule has 7 nitrogen and oxygen atoms in total. The average molecular weight is 524 g/mol. The summed E-state index contributed by atoms with van der Waals surface area (Å²) in [5.74, 6) is -0.756. The second-order valence-corrected chi connectivity index (χ2v) is 10.5. The molecule has 0 aromatic heterocycles. The second-order valence-electron chi connectivity index (χ2n) is 7.78. The van der Waals surface area contributed by atoms with Gasteiger partial charge >= 0.3 is 0 Å². The van der Waals surface area contributed by atoms with Crippen LogP contribution in [-0.4, -0.2) is 50.5 Å². The molecule has 1 atom stereocenters. The van der Waals surface area contributed by atoms with E-state index in [2.05, 4.69) is 21.2 Å². The van der Waals surface area contributed by atoms with Crippen molar-refractivity contribution in [3.63, 3.8) is 0 Å². The summed E-state index contributed by atoms with van der Waals surface area (Å²) < 4.78 is 27.0. The maximum atomic E-state index is 13.4. The minimum atomic E-state index is -3.74. The molecule has 0 saturated heterocycles. The molecular weight excluding hydrogens is 494 g/mol. The number of rotatable bonds is 9. The highest BCUT2D eigenvalue weighted by molar-refractivity contribution is 9.10. The van der Waals surface area contributed by atoms with Gasteiger partial charge in [-0.1, -0.05) is 45.8 Å². The standard InChI is InChI=1S/C23H30BrN3O4S/c1-6-25-23(29)18(4)26(14-19-9-7-16(2)8-10-19)22(28)15-27(32(5,30)31)20-11-12-21(24)17(3)13-20/h7-13,18H,6,14-15H2,1-5H3,(H,25,29)/t18-/m1/s1. The third-order valence-corrected chi connectivity index (χ3v) is 7.13. The van der Waals surface area contributed by atoms with Crippen LogP contribution in [-0.2, 0) is 26.2 Å². The molecule has 2 aromatic rings. The molecule has 0 saturated carbocycles. The van der Waals surface area contributed by atoms with Gasteiger partial charge < -0.3 is 10.2 Å². The lowest BCUT2D eigenvalue weighted by Gasteiger charge is -2.31. The van der Waals surface area contributed by atoms with Gasteiger partial charge in [0.15, 0.2) is 0 Å². The number of halogens is 1. The van der Waals surface area contributed by atoms with Crippen molar-refractivity contribution in [3.05, 3.63) is 63.6 Å². The average Bonchev–Trinajstić information content (AvgIpc) is 2.72. The minimum absolute atomic E-state index is 0.189. The van der Waals surface area contributed by atoms with Crippen molar-refractivity contribution in [1.82, 2.24) is 10.2 Å². The van der Waals surface area contributed by atoms with Gasteiger partial charge in [-0.15, -0.1) is 0 Å². The maximum absolute atomic E-state index is 13.4. The summed E-state index contributed by atoms with van der Waals surface area (Å²) in [7, 11) is -3.74. The Morgan fingerprint density at radius 2 is 1.72 bits per heavy atom. The topological polar surface area (TPSA) is 86.8 Å². The Balaban J connectivity index is 2.39. The molecule has 0 aliphatic rings. The molecule has 174 valence electrons. The van der Waals surface area contributed by atoms with E-state index >= 15 is 0 Å². The van der Waals surface area contributed by atoms with Crippen LogP contribution in [0.1, 0.15) is 30.5 Å². The second kappa shape index (κ2) is 11.0. The van der Waals surface area contributed by atoms with Crippen molar-refractivity contribution in [3.8, 4) is 0 Å². The summed E-state index contributed by atoms with van der Waals surface area (Å²) >= 11 is 3.41. The quantitative estimate of drug-likeness (QED) is 0.545. The van der Waals surface area contributed by atoms with Gasteiger partial charge in [-0.3, -0.25) is 13.9 Å². The molecule has 0 heterocycles. The van der Waals surface area contributed by atoms with Gasteiger partial charge in [0.2, 0.25) is 21.8 Å². The smallest absolute Gasteiger partial charge is 0.244 e. The Bertz CT molecular complexity index is 1070. The largest absolute Gasteiger partial charge is 0.355 e. The van der Waals surface area contributed by atoms with E-state index in [0.29, 0.717) is 12.2 Å². The zero-order valence-electron chi connectivity index (χ0n) is 19.1. The van der Waals surface area contributed by atoms with Crippen LogP contribution < -0.4 is 9.62 Å². The molecule has 32 heavy (non-hydrogen) atoms. The molecular formula is C23H30BrN3O4S. The number of carbonyl (C=O) groups is 2. The Hall–Kier alpha value is -2.39. The zero-order valence-corrected chi connectivity index (χ0v) is 21.5. The normalized spacial score (nSPS) is 12.2. The Kier molecular flexibility index (Phi) is 8.86. The van der Waals surface area contributed by atoms with E-state index in [9.17, 15) is 18.0 Å². The van der Waals surface area contributed by atoms with Gasteiger partial charge in [0.05, 0.1) is 11.9 Å². The zero-order chi connectivity index (χ0) is 24.1. The Morgan fingerprint density at radius 3 is 2.25 bits per heavy atom. The summed E-state index contributed by atoms with van der Waals surface area (Å²) in [6.45, 7) is 7.47. The number of carbonyl (C=O) groups excluding carboxylic acids is 2. The summed E-state index contributed by atoms with van der Waals surface area (Å²) in [6, 6.07) is 12.0. The van der Waals surface area contributed by atoms with E-state index < -0.39 is 28.5 Å². The number of aryl methyl sites for hydroxylation is 2. The van der Waals surface area contributed by atoms with Crippen LogP contribution in [0.5, 0.6) is 0 Å². The summed E-state index contributed by atoms with van der Waals surface area (Å²) in [5.41, 5.74) is 3.17. The van der Waals surface area contributed by atoms with Gasteiger partial charge in [-0.2, -0.15) is 0 Å². The van der Waals surface area contributed by atoms with Crippen molar-refractivity contribution in [2.45, 2.75) is 40.3 Å². The first-order valence-electron chi connectivity index (χ1n) is 10.3. The first-order chi connectivity index (χ1) is 14.9. The molecule has 1 N–H and O–H groups in total. The van der Waals surface area contributed by atoms with E-state index in [-0.39, 0.29) is 12.5 Å². The number of hydrogen-bond donors (Lipinski definition) is 1. The molecule has 0 spiro atoms. The predicted molar refractivity (Wildman–Crippen MR) is 131 cm³/mol. The van der Waals surface area contributed by atoms with Crippen molar-refractivity contribution < 1.29 is 18.0 Å². The molecule has 0 radical (unpaired) electrons. The van der Waals surface area contributed by atoms with E-state index in [4.69, 9.17) is 0 Å². The van der Waals surface area contributed by atoms with Crippen molar-refractivity contribution >= 4 is 43.5 Å². The molecule has 2 rings (SSSR count). The first kappa shape index (κ1) is 25.9. The highest BCUT2D eigenvalue weighted by Gasteiger charge is 2.30. The molecule has 2 aromatic carbocycles. The highest BCUT2D eigenvalue weighted by Crippen LogP contribution is 2.25. The van der Waals surface area contributed by atoms with Crippen molar-refractivity contribution in [2.75, 3.05) is 23.7 Å². The number of hydrogen-bond acceptors (Lipinski definition) is 4. The first-order valence-corrected chi connectivity index (χ1v) is 12.9. The van der Waals surface area contributed by atoms with E-state index in [1.807, 2.05) is 38.1 Å². The van der Waals surface area contributed by atoms with Crippen molar-refractivity contribution in [2.24, 2.45) is 0 Å². The van der Waals surface area contributed by atoms with E-state index in [1.54, 1.807) is 32.0 Å². The van der Waals surface area contributed by atoms with Crippen LogP contribution in [0.3, 0.4) is 0 Å². The lowest BCUT2D eigenvalue weighted by atomic mass is 10.1. The van der Waals surface area contributed by atoms with Gasteiger partial charge in [0.1, 0.15) is 12.6 Å². The molecule has 0 unspecified atom stereocenters. The third-order valence-electron chi connectivity index (χ3n) is 5.10. The lowest BCUT2D eigenvalue weighted by Crippen LogP contribution is -2.51. The fourth-order valence-electron chi connectivity index (χ4n) is 3.19. The molecule has 0 aliphatic heterocycles. The van der Waals surface area contributed by atoms with Crippen LogP contribution in [0, 0.1) is 13.8 Å². The van der Waals surface area contributed by atoms with Crippen LogP contribution >= 0.6 is 15.9 Å². The number of anilines is 1. The highest BCUT2D eigenvalue weighted by atomic mass is 79.9. The number of nitrogens with one attached hydrogen (secondary N) is 1. The SMILES string of the molecule is CCNC(=O)[C@@H](C)N(Cc1ccc(C)cc1)C(=O)CN(c1ccc(Br)c(C)c1)S(C)(=O)=O. The Labute approximate surface area is 199 Å². The van der Waals surface area contributed by atoms with E-state index in [0.717, 1.165) is 31.7 Å². The van der Waals surface area contributed by atoms with Crippen LogP contribution in [0.15, 0.2) is 46.9 Å². The monoisotopic (exact) mass is 523 g/mol. The fraction of sp³-hybridized carbons (Fsp3) is 0.391. The minimum Gasteiger partial charge on any atom is -0.355 e. The summed E-state index contributed by atoms with van der Waals surface area (Å²) in [5, 5.41) is 2.73. The van der Waals surface area contributed by atoms with Gasteiger partial charge in [-0.05, 0) is 57.0 Å². The number of likely N-dealkylation sites (N-methyl/N-ethyl adjacent to an activating group) is 1. The van der Waals surface area contributed by atoms with Crippen molar-refractivity contribution in [1.29, 1.82) is 0 Å². The van der Waals surface area contributed by atoms with Gasteiger partial charge in [0, 0.05) is 17.6 Å². The number of amides is 2. The number of nitrogens with zero attached hydrogens (tertiary/aromatic N) is 2. The summed E-state index contributed by atoms with van der Waals surface area (Å²) in [6.07, 6.45) is 1.06. The van der Waals surface area contributed by atoms with Crippen LogP contribution in [0.2, 0.25) is 0 Å². The van der Waals surface area contributed by atoms with Gasteiger partial charge in [0.25, 0.3) is 0 Å². The molecule has 0 bridgehead atoms. The lowest BCUT2D eigenvalue weighted by molar-refractivity contribution is -0.139. The van der Waals surface area contributed by atoms with Gasteiger partial charge in [-0.25, -0.2) is 8.42 Å². The Morgan fingerprint density at radius 1 is 1.09 bits per heavy atom. The number of benzene rings is 2. The van der Waals surface area contributed by atoms with Crippen LogP contribution in [0.25, 0.3) is 0 Å². The molecule has 2 amide bonds. The molecule has 9 heteroatoms. The third kappa shape index (κ3) is 6.80. The van der Waals surface area contributed by atoms with Crippen LogP contribution in [0.4, 0.5) is 5.69 Å². The predicted octanol–water partition coefficient (Wildman–Crippen LogP) is 3.39. The maximum Gasteiger partial charge on any atom is 0.244 e. The molecule has 0 aliphatic carbocycles. The molecule has 0 fully saturated rings.